The molecule has 0 aliphatic carbocycles. The monoisotopic (exact) mass is 1020 g/mol. The largest absolute Gasteiger partial charge is 0.466 e. The Hall–Kier alpha value is -2.51. The van der Waals surface area contributed by atoms with Gasteiger partial charge in [0.15, 0.2) is 0 Å². The van der Waals surface area contributed by atoms with Crippen LogP contribution in [0.4, 0.5) is 0 Å². The van der Waals surface area contributed by atoms with E-state index in [1.165, 1.54) is 128 Å². The summed E-state index contributed by atoms with van der Waals surface area (Å²) < 4.78 is 11.1. The number of carbonyl (C=O) groups is 4. The second kappa shape index (κ2) is 55.2. The Morgan fingerprint density at radius 2 is 0.690 bits per heavy atom. The third-order valence-electron chi connectivity index (χ3n) is 13.3. The number of hydrogen-bond acceptors (Lipinski definition) is 10. The van der Waals surface area contributed by atoms with Crippen LogP contribution in [0.2, 0.25) is 0 Å². The molecule has 2 atom stereocenters. The molecule has 71 heavy (non-hydrogen) atoms. The van der Waals surface area contributed by atoms with Gasteiger partial charge in [-0.05, 0) is 116 Å². The van der Waals surface area contributed by atoms with E-state index in [-0.39, 0.29) is 62.1 Å². The second-order valence-electron chi connectivity index (χ2n) is 20.0. The van der Waals surface area contributed by atoms with Crippen molar-refractivity contribution in [2.24, 2.45) is 22.9 Å². The van der Waals surface area contributed by atoms with Gasteiger partial charge in [0.05, 0.1) is 38.1 Å². The van der Waals surface area contributed by atoms with Gasteiger partial charge in [-0.2, -0.15) is 0 Å². The molecule has 0 spiro atoms. The van der Waals surface area contributed by atoms with Crippen LogP contribution in [-0.4, -0.2) is 98.1 Å². The fraction of sp³-hybridized carbons (Fsp3) is 0.862. The van der Waals surface area contributed by atoms with Crippen LogP contribution in [0, 0.1) is 0 Å². The Labute approximate surface area is 442 Å². The zero-order valence-electron chi connectivity index (χ0n) is 46.1. The van der Waals surface area contributed by atoms with Crippen molar-refractivity contribution in [1.29, 1.82) is 0 Å². The summed E-state index contributed by atoms with van der Waals surface area (Å²) in [6.07, 6.45) is 49.0. The van der Waals surface area contributed by atoms with Gasteiger partial charge >= 0.3 is 11.9 Å². The normalized spacial score (nSPS) is 12.3. The molecular formula is C58H113ClN6O6. The van der Waals surface area contributed by atoms with Crippen LogP contribution in [0.5, 0.6) is 0 Å². The van der Waals surface area contributed by atoms with Crippen molar-refractivity contribution in [1.82, 2.24) is 9.80 Å². The molecule has 418 valence electrons. The highest BCUT2D eigenvalue weighted by atomic mass is 35.5. The summed E-state index contributed by atoms with van der Waals surface area (Å²) in [4.78, 5) is 56.0. The Balaban J connectivity index is 0. The van der Waals surface area contributed by atoms with Gasteiger partial charge < -0.3 is 42.2 Å². The number of nitrogens with two attached hydrogens (primary N) is 4. The Bertz CT molecular complexity index is 1180. The van der Waals surface area contributed by atoms with Crippen molar-refractivity contribution in [2.45, 2.75) is 270 Å². The predicted molar refractivity (Wildman–Crippen MR) is 301 cm³/mol. The third kappa shape index (κ3) is 47.0. The van der Waals surface area contributed by atoms with E-state index in [0.717, 1.165) is 77.0 Å². The zero-order valence-corrected chi connectivity index (χ0v) is 46.9. The predicted octanol–water partition coefficient (Wildman–Crippen LogP) is 12.7. The van der Waals surface area contributed by atoms with E-state index in [1.54, 1.807) is 9.80 Å². The summed E-state index contributed by atoms with van der Waals surface area (Å²) in [6.45, 7) is 7.56. The lowest BCUT2D eigenvalue weighted by Gasteiger charge is -2.28. The minimum atomic E-state index is -0.684. The first kappa shape index (κ1) is 70.6. The number of carbonyl (C=O) groups excluding carboxylic acids is 4. The average Bonchev–Trinajstić information content (AvgIpc) is 3.36. The fourth-order valence-electron chi connectivity index (χ4n) is 8.67. The van der Waals surface area contributed by atoms with E-state index in [9.17, 15) is 19.2 Å². The number of esters is 2. The Kier molecular flexibility index (Phi) is 54.9. The SMILES string of the molecule is CCCCCCCC/C=C\CCCCCCCCOC(=O)CCN(CCCCN(CCC(=O)OCCCCCCCC/C=C\CCCCCCCC)C(=O)[C@@H](N)CCCCN)C(=O)[C@@H](N)CCCCN.Cl. The third-order valence-corrected chi connectivity index (χ3v) is 13.3. The molecule has 0 aromatic carbocycles. The summed E-state index contributed by atoms with van der Waals surface area (Å²) in [5.41, 5.74) is 24.1. The number of halogens is 1. The van der Waals surface area contributed by atoms with Crippen molar-refractivity contribution >= 4 is 36.2 Å². The lowest BCUT2D eigenvalue weighted by atomic mass is 10.1. The molecule has 0 aliphatic heterocycles. The van der Waals surface area contributed by atoms with Crippen LogP contribution in [0.1, 0.15) is 258 Å². The Morgan fingerprint density at radius 1 is 0.394 bits per heavy atom. The zero-order chi connectivity index (χ0) is 51.4. The van der Waals surface area contributed by atoms with E-state index in [2.05, 4.69) is 38.2 Å². The van der Waals surface area contributed by atoms with Crippen molar-refractivity contribution in [2.75, 3.05) is 52.5 Å². The van der Waals surface area contributed by atoms with Crippen LogP contribution >= 0.6 is 12.4 Å². The number of unbranched alkanes of at least 4 members (excludes halogenated alkanes) is 27. The molecule has 2 amide bonds. The van der Waals surface area contributed by atoms with E-state index in [4.69, 9.17) is 32.4 Å². The number of nitrogens with zero attached hydrogens (tertiary/aromatic N) is 2. The van der Waals surface area contributed by atoms with Crippen LogP contribution in [0.25, 0.3) is 0 Å². The minimum Gasteiger partial charge on any atom is -0.466 e. The maximum absolute atomic E-state index is 13.5. The smallest absolute Gasteiger partial charge is 0.307 e. The van der Waals surface area contributed by atoms with Gasteiger partial charge in [0.2, 0.25) is 11.8 Å². The van der Waals surface area contributed by atoms with Gasteiger partial charge in [0.25, 0.3) is 0 Å². The molecule has 0 saturated heterocycles. The van der Waals surface area contributed by atoms with E-state index in [0.29, 0.717) is 65.1 Å². The maximum atomic E-state index is 13.5. The van der Waals surface area contributed by atoms with Gasteiger partial charge in [-0.15, -0.1) is 12.4 Å². The highest BCUT2D eigenvalue weighted by Gasteiger charge is 2.24. The highest BCUT2D eigenvalue weighted by Crippen LogP contribution is 2.14. The molecule has 0 unspecified atom stereocenters. The molecule has 0 radical (unpaired) electrons. The molecule has 0 saturated carbocycles. The molecule has 0 bridgehead atoms. The van der Waals surface area contributed by atoms with Crippen LogP contribution < -0.4 is 22.9 Å². The first-order valence-corrected chi connectivity index (χ1v) is 29.3. The van der Waals surface area contributed by atoms with Crippen LogP contribution in [0.15, 0.2) is 24.3 Å². The second-order valence-corrected chi connectivity index (χ2v) is 20.0. The van der Waals surface area contributed by atoms with Gasteiger partial charge in [-0.3, -0.25) is 19.2 Å². The number of allylic oxidation sites excluding steroid dienone is 4. The summed E-state index contributed by atoms with van der Waals surface area (Å²) >= 11 is 0. The number of hydrogen-bond donors (Lipinski definition) is 4. The van der Waals surface area contributed by atoms with Crippen molar-refractivity contribution in [3.63, 3.8) is 0 Å². The standard InChI is InChI=1S/C58H112N6O6.ClH/c1-3-5-7-9-11-13-15-17-19-21-23-25-27-29-31-39-51-69-55(65)43-49-63(57(67)53(61)41-33-35-45-59)47-37-38-48-64(58(68)54(62)42-34-36-46-60)50-44-56(66)70-52-40-32-30-28-26-24-22-20-18-16-14-12-10-8-6-4-2;/h17-20,53-54H,3-16,21-52,59-62H2,1-2H3;1H/b19-17-,20-18-;/t53-,54-;/m0./s1. The van der Waals surface area contributed by atoms with Gasteiger partial charge in [-0.25, -0.2) is 0 Å². The number of amides is 2. The quantitative estimate of drug-likeness (QED) is 0.0258. The average molecular weight is 1030 g/mol. The molecule has 0 aliphatic rings. The summed E-state index contributed by atoms with van der Waals surface area (Å²) in [7, 11) is 0. The van der Waals surface area contributed by atoms with Crippen molar-refractivity contribution in [3.05, 3.63) is 24.3 Å². The highest BCUT2D eigenvalue weighted by molar-refractivity contribution is 5.85. The summed E-state index contributed by atoms with van der Waals surface area (Å²) in [5.74, 6) is -1.03. The molecule has 8 N–H and O–H groups in total. The van der Waals surface area contributed by atoms with E-state index < -0.39 is 12.1 Å². The topological polar surface area (TPSA) is 197 Å². The molecular weight excluding hydrogens is 912 g/mol. The molecule has 0 heterocycles. The van der Waals surface area contributed by atoms with Gasteiger partial charge in [-0.1, -0.05) is 167 Å². The molecule has 0 rings (SSSR count). The number of rotatable bonds is 53. The van der Waals surface area contributed by atoms with E-state index in [1.807, 2.05) is 0 Å². The van der Waals surface area contributed by atoms with E-state index >= 15 is 0 Å². The lowest BCUT2D eigenvalue weighted by Crippen LogP contribution is -2.46. The summed E-state index contributed by atoms with van der Waals surface area (Å²) in [6, 6.07) is -1.37. The molecule has 13 heteroatoms. The van der Waals surface area contributed by atoms with Gasteiger partial charge in [0.1, 0.15) is 0 Å². The molecule has 0 fully saturated rings. The minimum absolute atomic E-state index is 0. The first-order valence-electron chi connectivity index (χ1n) is 29.3. The van der Waals surface area contributed by atoms with Crippen molar-refractivity contribution in [3.8, 4) is 0 Å². The van der Waals surface area contributed by atoms with Gasteiger partial charge in [0, 0.05) is 26.2 Å². The molecule has 0 aromatic heterocycles. The van der Waals surface area contributed by atoms with Crippen LogP contribution in [0.3, 0.4) is 0 Å². The lowest BCUT2D eigenvalue weighted by molar-refractivity contribution is -0.146. The number of ether oxygens (including phenoxy) is 2. The molecule has 12 nitrogen and oxygen atoms in total. The molecule has 0 aromatic rings. The Morgan fingerprint density at radius 3 is 1.00 bits per heavy atom. The maximum Gasteiger partial charge on any atom is 0.307 e. The van der Waals surface area contributed by atoms with Crippen molar-refractivity contribution < 1.29 is 28.7 Å². The van der Waals surface area contributed by atoms with Crippen LogP contribution in [-0.2, 0) is 28.7 Å². The summed E-state index contributed by atoms with van der Waals surface area (Å²) in [5, 5.41) is 0. The fourth-order valence-corrected chi connectivity index (χ4v) is 8.67. The first-order chi connectivity index (χ1) is 34.2.